The highest BCUT2D eigenvalue weighted by Crippen LogP contribution is 2.38. The predicted molar refractivity (Wildman–Crippen MR) is 86.6 cm³/mol. The third-order valence-electron chi connectivity index (χ3n) is 4.04. The summed E-state index contributed by atoms with van der Waals surface area (Å²) in [6, 6.07) is 2.53. The molecule has 3 N–H and O–H groups in total. The molecule has 3 rings (SSSR count). The van der Waals surface area contributed by atoms with Gasteiger partial charge in [0, 0.05) is 19.7 Å². The monoisotopic (exact) mass is 307 g/mol. The maximum Gasteiger partial charge on any atom is 0.240 e. The van der Waals surface area contributed by atoms with Gasteiger partial charge in [0.1, 0.15) is 10.6 Å². The van der Waals surface area contributed by atoms with Crippen molar-refractivity contribution in [1.82, 2.24) is 9.97 Å². The van der Waals surface area contributed by atoms with Gasteiger partial charge in [-0.1, -0.05) is 0 Å². The predicted octanol–water partition coefficient (Wildman–Crippen LogP) is 2.23. The number of thiophene rings is 1. The number of nitrogen functional groups attached to an aromatic ring is 1. The Morgan fingerprint density at radius 2 is 2.33 bits per heavy atom. The largest absolute Gasteiger partial charge is 0.383 e. The number of anilines is 2. The fraction of sp³-hybridized carbons (Fsp3) is 0.571. The summed E-state index contributed by atoms with van der Waals surface area (Å²) in [5.41, 5.74) is 2.57. The molecule has 1 unspecified atom stereocenters. The van der Waals surface area contributed by atoms with Crippen LogP contribution in [-0.2, 0) is 4.74 Å². The standard InChI is InChI=1S/C14H21N5OS/c1-9(10-3-4-10)19(6-7-20-2)12-11-5-8-21-13(11)17-14(16-12)18-15/h5,8-10H,3-4,6-7,15H2,1-2H3,(H,16,17,18). The van der Waals surface area contributed by atoms with E-state index < -0.39 is 0 Å². The van der Waals surface area contributed by atoms with E-state index in [0.29, 0.717) is 18.6 Å². The summed E-state index contributed by atoms with van der Waals surface area (Å²) >= 11 is 1.60. The molecular weight excluding hydrogens is 286 g/mol. The lowest BCUT2D eigenvalue weighted by molar-refractivity contribution is 0.202. The van der Waals surface area contributed by atoms with Crippen LogP contribution in [0.5, 0.6) is 0 Å². The van der Waals surface area contributed by atoms with Gasteiger partial charge in [0.05, 0.1) is 12.0 Å². The molecule has 7 heteroatoms. The van der Waals surface area contributed by atoms with E-state index in [0.717, 1.165) is 28.5 Å². The highest BCUT2D eigenvalue weighted by atomic mass is 32.1. The van der Waals surface area contributed by atoms with Gasteiger partial charge in [0.15, 0.2) is 0 Å². The van der Waals surface area contributed by atoms with Gasteiger partial charge in [-0.25, -0.2) is 10.8 Å². The van der Waals surface area contributed by atoms with Gasteiger partial charge in [-0.15, -0.1) is 11.3 Å². The maximum absolute atomic E-state index is 5.51. The Labute approximate surface area is 128 Å². The number of hydrogen-bond acceptors (Lipinski definition) is 7. The molecule has 0 aromatic carbocycles. The third-order valence-corrected chi connectivity index (χ3v) is 4.84. The molecule has 0 saturated heterocycles. The van der Waals surface area contributed by atoms with Crippen LogP contribution in [0.15, 0.2) is 11.4 Å². The van der Waals surface area contributed by atoms with Crippen molar-refractivity contribution in [2.45, 2.75) is 25.8 Å². The van der Waals surface area contributed by atoms with Gasteiger partial charge in [0.25, 0.3) is 0 Å². The number of nitrogens with two attached hydrogens (primary N) is 1. The molecule has 2 heterocycles. The van der Waals surface area contributed by atoms with Gasteiger partial charge in [-0.05, 0) is 37.1 Å². The Morgan fingerprint density at radius 1 is 1.52 bits per heavy atom. The van der Waals surface area contributed by atoms with Gasteiger partial charge in [-0.3, -0.25) is 5.43 Å². The summed E-state index contributed by atoms with van der Waals surface area (Å²) in [6.07, 6.45) is 2.59. The number of fused-ring (bicyclic) bond motifs is 1. The van der Waals surface area contributed by atoms with Gasteiger partial charge in [0.2, 0.25) is 5.95 Å². The van der Waals surface area contributed by atoms with E-state index in [9.17, 15) is 0 Å². The fourth-order valence-corrected chi connectivity index (χ4v) is 3.41. The molecule has 1 saturated carbocycles. The number of ether oxygens (including phenoxy) is 1. The summed E-state index contributed by atoms with van der Waals surface area (Å²) in [4.78, 5) is 12.3. The van der Waals surface area contributed by atoms with E-state index in [1.165, 1.54) is 12.8 Å². The fourth-order valence-electron chi connectivity index (χ4n) is 2.65. The zero-order valence-electron chi connectivity index (χ0n) is 12.4. The summed E-state index contributed by atoms with van der Waals surface area (Å²) in [6.45, 7) is 3.77. The number of nitrogens with one attached hydrogen (secondary N) is 1. The van der Waals surface area contributed by atoms with Crippen molar-refractivity contribution in [2.24, 2.45) is 11.8 Å². The second-order valence-electron chi connectivity index (χ2n) is 5.42. The van der Waals surface area contributed by atoms with Crippen LogP contribution < -0.4 is 16.2 Å². The molecule has 0 aliphatic heterocycles. The molecule has 2 aromatic heterocycles. The van der Waals surface area contributed by atoms with Crippen molar-refractivity contribution in [1.29, 1.82) is 0 Å². The average Bonchev–Trinajstić information content (AvgIpc) is 3.24. The van der Waals surface area contributed by atoms with Crippen LogP contribution in [-0.4, -0.2) is 36.3 Å². The van der Waals surface area contributed by atoms with Crippen LogP contribution in [0, 0.1) is 5.92 Å². The zero-order valence-corrected chi connectivity index (χ0v) is 13.2. The Morgan fingerprint density at radius 3 is 3.00 bits per heavy atom. The molecule has 0 spiro atoms. The molecular formula is C14H21N5OS. The van der Waals surface area contributed by atoms with Crippen LogP contribution in [0.4, 0.5) is 11.8 Å². The second-order valence-corrected chi connectivity index (χ2v) is 6.31. The molecule has 1 fully saturated rings. The summed E-state index contributed by atoms with van der Waals surface area (Å²) in [5, 5.41) is 3.13. The first-order valence-electron chi connectivity index (χ1n) is 7.22. The molecule has 21 heavy (non-hydrogen) atoms. The lowest BCUT2D eigenvalue weighted by Gasteiger charge is -2.31. The van der Waals surface area contributed by atoms with Crippen LogP contribution in [0.2, 0.25) is 0 Å². The number of rotatable bonds is 7. The van der Waals surface area contributed by atoms with E-state index in [-0.39, 0.29) is 0 Å². The Balaban J connectivity index is 2.01. The average molecular weight is 307 g/mol. The van der Waals surface area contributed by atoms with Gasteiger partial charge < -0.3 is 9.64 Å². The summed E-state index contributed by atoms with van der Waals surface area (Å²) < 4.78 is 5.27. The van der Waals surface area contributed by atoms with Crippen LogP contribution in [0.1, 0.15) is 19.8 Å². The van der Waals surface area contributed by atoms with Crippen LogP contribution in [0.3, 0.4) is 0 Å². The maximum atomic E-state index is 5.51. The van der Waals surface area contributed by atoms with Crippen LogP contribution >= 0.6 is 11.3 Å². The van der Waals surface area contributed by atoms with Gasteiger partial charge >= 0.3 is 0 Å². The molecule has 1 aliphatic carbocycles. The topological polar surface area (TPSA) is 76.3 Å². The zero-order chi connectivity index (χ0) is 14.8. The number of nitrogens with zero attached hydrogens (tertiary/aromatic N) is 3. The molecule has 114 valence electrons. The van der Waals surface area contributed by atoms with E-state index in [2.05, 4.69) is 33.3 Å². The molecule has 0 bridgehead atoms. The van der Waals surface area contributed by atoms with E-state index in [1.54, 1.807) is 18.4 Å². The Bertz CT molecular complexity index is 612. The first-order valence-corrected chi connectivity index (χ1v) is 8.10. The lowest BCUT2D eigenvalue weighted by Crippen LogP contribution is -2.38. The normalized spacial score (nSPS) is 16.1. The van der Waals surface area contributed by atoms with Crippen molar-refractivity contribution < 1.29 is 4.74 Å². The van der Waals surface area contributed by atoms with Crippen molar-refractivity contribution in [3.8, 4) is 0 Å². The molecule has 1 atom stereocenters. The molecule has 2 aromatic rings. The summed E-state index contributed by atoms with van der Waals surface area (Å²) in [5.74, 6) is 7.68. The van der Waals surface area contributed by atoms with Crippen LogP contribution in [0.25, 0.3) is 10.2 Å². The van der Waals surface area contributed by atoms with E-state index >= 15 is 0 Å². The smallest absolute Gasteiger partial charge is 0.240 e. The van der Waals surface area contributed by atoms with Gasteiger partial charge in [-0.2, -0.15) is 4.98 Å². The Hall–Kier alpha value is -1.44. The minimum absolute atomic E-state index is 0.448. The highest BCUT2D eigenvalue weighted by molar-refractivity contribution is 7.16. The number of methoxy groups -OCH3 is 1. The highest BCUT2D eigenvalue weighted by Gasteiger charge is 2.33. The number of hydrogen-bond donors (Lipinski definition) is 2. The first kappa shape index (κ1) is 14.5. The minimum atomic E-state index is 0.448. The molecule has 0 radical (unpaired) electrons. The van der Waals surface area contributed by atoms with E-state index in [4.69, 9.17) is 10.6 Å². The van der Waals surface area contributed by atoms with Crippen molar-refractivity contribution in [2.75, 3.05) is 30.6 Å². The quantitative estimate of drug-likeness (QED) is 0.603. The molecule has 1 aliphatic rings. The number of hydrazine groups is 1. The van der Waals surface area contributed by atoms with E-state index in [1.807, 2.05) is 5.38 Å². The number of aromatic nitrogens is 2. The van der Waals surface area contributed by atoms with Crippen molar-refractivity contribution in [3.05, 3.63) is 11.4 Å². The van der Waals surface area contributed by atoms with Crippen molar-refractivity contribution >= 4 is 33.3 Å². The SMILES string of the molecule is COCCN(c1nc(NN)nc2sccc12)C(C)C1CC1. The minimum Gasteiger partial charge on any atom is -0.383 e. The Kier molecular flexibility index (Phi) is 4.23. The lowest BCUT2D eigenvalue weighted by atomic mass is 10.1. The third kappa shape index (κ3) is 2.95. The summed E-state index contributed by atoms with van der Waals surface area (Å²) in [7, 11) is 1.73. The first-order chi connectivity index (χ1) is 10.2. The second kappa shape index (κ2) is 6.13. The molecule has 0 amide bonds. The molecule has 6 nitrogen and oxygen atoms in total. The van der Waals surface area contributed by atoms with Crippen molar-refractivity contribution in [3.63, 3.8) is 0 Å².